The van der Waals surface area contributed by atoms with Crippen LogP contribution in [0.5, 0.6) is 11.5 Å². The number of nitrogens with zero attached hydrogens (tertiary/aromatic N) is 1. The highest BCUT2D eigenvalue weighted by Gasteiger charge is 2.31. The van der Waals surface area contributed by atoms with E-state index in [1.807, 2.05) is 0 Å². The van der Waals surface area contributed by atoms with Gasteiger partial charge in [0.05, 0.1) is 4.92 Å². The monoisotopic (exact) mass is 181 g/mol. The summed E-state index contributed by atoms with van der Waals surface area (Å²) in [6.45, 7) is 0. The molecule has 2 rings (SSSR count). The zero-order valence-corrected chi connectivity index (χ0v) is 6.22. The summed E-state index contributed by atoms with van der Waals surface area (Å²) in [5, 5.41) is 10.5. The van der Waals surface area contributed by atoms with E-state index in [1.165, 1.54) is 18.2 Å². The Hall–Kier alpha value is -2.11. The van der Waals surface area contributed by atoms with E-state index < -0.39 is 11.1 Å². The Morgan fingerprint density at radius 1 is 1.23 bits per heavy atom. The fourth-order valence-corrected chi connectivity index (χ4v) is 1.05. The first-order valence-corrected chi connectivity index (χ1v) is 3.35. The molecule has 1 aliphatic rings. The lowest BCUT2D eigenvalue weighted by atomic mass is 10.2. The van der Waals surface area contributed by atoms with E-state index in [9.17, 15) is 14.9 Å². The number of rotatable bonds is 1. The number of carbonyl (C=O) groups excluding carboxylic acids is 1. The predicted octanol–water partition coefficient (Wildman–Crippen LogP) is 1.49. The molecule has 0 fully saturated rings. The van der Waals surface area contributed by atoms with E-state index in [2.05, 4.69) is 9.47 Å². The molecule has 13 heavy (non-hydrogen) atoms. The molecule has 0 aromatic heterocycles. The molecular formula is C7H3NO5. The lowest BCUT2D eigenvalue weighted by Gasteiger charge is -2.12. The summed E-state index contributed by atoms with van der Waals surface area (Å²) < 4.78 is 8.96. The van der Waals surface area contributed by atoms with Gasteiger partial charge in [-0.15, -0.1) is 0 Å². The largest absolute Gasteiger partial charge is 0.519 e. The van der Waals surface area contributed by atoms with Crippen molar-refractivity contribution in [3.8, 4) is 11.5 Å². The van der Waals surface area contributed by atoms with E-state index in [4.69, 9.17) is 0 Å². The second kappa shape index (κ2) is 2.44. The maximum absolute atomic E-state index is 10.7. The van der Waals surface area contributed by atoms with Crippen molar-refractivity contribution in [2.45, 2.75) is 0 Å². The van der Waals surface area contributed by atoms with Gasteiger partial charge in [-0.2, -0.15) is 0 Å². The van der Waals surface area contributed by atoms with Gasteiger partial charge >= 0.3 is 11.8 Å². The normalized spacial score (nSPS) is 13.1. The van der Waals surface area contributed by atoms with Gasteiger partial charge in [-0.1, -0.05) is 6.07 Å². The first kappa shape index (κ1) is 7.53. The van der Waals surface area contributed by atoms with Crippen LogP contribution in [0.25, 0.3) is 0 Å². The predicted molar refractivity (Wildman–Crippen MR) is 39.7 cm³/mol. The lowest BCUT2D eigenvalue weighted by Crippen LogP contribution is -2.19. The molecule has 0 aliphatic carbocycles. The summed E-state index contributed by atoms with van der Waals surface area (Å²) in [6, 6.07) is 4.17. The fraction of sp³-hybridized carbons (Fsp3) is 0. The van der Waals surface area contributed by atoms with Gasteiger partial charge in [0.25, 0.3) is 0 Å². The van der Waals surface area contributed by atoms with Crippen LogP contribution >= 0.6 is 0 Å². The van der Waals surface area contributed by atoms with Crippen molar-refractivity contribution in [2.75, 3.05) is 0 Å². The Morgan fingerprint density at radius 2 is 1.77 bits per heavy atom. The first-order chi connectivity index (χ1) is 6.18. The van der Waals surface area contributed by atoms with E-state index in [0.717, 1.165) is 0 Å². The minimum absolute atomic E-state index is 0.0845. The smallest absolute Gasteiger partial charge is 0.387 e. The molecule has 0 atom stereocenters. The van der Waals surface area contributed by atoms with Crippen LogP contribution in [0.1, 0.15) is 0 Å². The van der Waals surface area contributed by atoms with E-state index in [1.54, 1.807) is 0 Å². The number of hydrogen-bond donors (Lipinski definition) is 0. The van der Waals surface area contributed by atoms with Crippen molar-refractivity contribution >= 4 is 11.8 Å². The highest BCUT2D eigenvalue weighted by Crippen LogP contribution is 2.39. The summed E-state index contributed by atoms with van der Waals surface area (Å²) in [7, 11) is 0. The number of ether oxygens (including phenoxy) is 2. The van der Waals surface area contributed by atoms with Crippen LogP contribution in [0.4, 0.5) is 10.5 Å². The molecule has 0 unspecified atom stereocenters. The van der Waals surface area contributed by atoms with Crippen LogP contribution < -0.4 is 9.47 Å². The number of benzene rings is 1. The zero-order chi connectivity index (χ0) is 9.42. The minimum Gasteiger partial charge on any atom is -0.387 e. The van der Waals surface area contributed by atoms with Gasteiger partial charge in [-0.3, -0.25) is 10.1 Å². The summed E-state index contributed by atoms with van der Waals surface area (Å²) in [5.74, 6) is -0.169. The second-order valence-corrected chi connectivity index (χ2v) is 2.31. The molecule has 0 radical (unpaired) electrons. The Morgan fingerprint density at radius 3 is 2.23 bits per heavy atom. The Labute approximate surface area is 71.8 Å². The fourth-order valence-electron chi connectivity index (χ4n) is 1.05. The number of para-hydroxylation sites is 1. The molecule has 0 spiro atoms. The van der Waals surface area contributed by atoms with Gasteiger partial charge in [-0.05, 0) is 12.1 Å². The molecule has 1 heterocycles. The van der Waals surface area contributed by atoms with Gasteiger partial charge < -0.3 is 9.47 Å². The molecular weight excluding hydrogens is 178 g/mol. The summed E-state index contributed by atoms with van der Waals surface area (Å²) in [5.41, 5.74) is -0.317. The lowest BCUT2D eigenvalue weighted by molar-refractivity contribution is -0.387. The Kier molecular flexibility index (Phi) is 1.42. The summed E-state index contributed by atoms with van der Waals surface area (Å²) in [4.78, 5) is 20.5. The molecule has 6 heteroatoms. The molecule has 2 bridgehead atoms. The molecule has 1 aromatic rings. The standard InChI is InChI=1S/C7H3NO5/c9-7-12-4-2-1-3-5(13-7)6(4)8(10)11/h1-3H. The molecule has 1 aromatic carbocycles. The topological polar surface area (TPSA) is 78.7 Å². The van der Waals surface area contributed by atoms with E-state index in [0.29, 0.717) is 0 Å². The third kappa shape index (κ3) is 1.08. The van der Waals surface area contributed by atoms with Crippen LogP contribution in [-0.2, 0) is 0 Å². The third-order valence-electron chi connectivity index (χ3n) is 1.53. The van der Waals surface area contributed by atoms with E-state index >= 15 is 0 Å². The molecule has 0 amide bonds. The average molecular weight is 181 g/mol. The number of hydrogen-bond acceptors (Lipinski definition) is 5. The Bertz CT molecular complexity index is 374. The molecule has 0 N–H and O–H groups in total. The van der Waals surface area contributed by atoms with Crippen LogP contribution in [0.3, 0.4) is 0 Å². The first-order valence-electron chi connectivity index (χ1n) is 3.35. The van der Waals surface area contributed by atoms with Gasteiger partial charge in [0.15, 0.2) is 0 Å². The van der Waals surface area contributed by atoms with Gasteiger partial charge in [0, 0.05) is 0 Å². The Balaban J connectivity index is 2.62. The van der Waals surface area contributed by atoms with Gasteiger partial charge in [0.2, 0.25) is 11.5 Å². The van der Waals surface area contributed by atoms with Crippen molar-refractivity contribution < 1.29 is 19.2 Å². The minimum atomic E-state index is -0.948. The summed E-state index contributed by atoms with van der Waals surface area (Å²) in [6.07, 6.45) is -0.948. The van der Waals surface area contributed by atoms with Crippen molar-refractivity contribution in [3.05, 3.63) is 28.3 Å². The second-order valence-electron chi connectivity index (χ2n) is 2.31. The highest BCUT2D eigenvalue weighted by atomic mass is 16.7. The van der Waals surface area contributed by atoms with Crippen molar-refractivity contribution in [3.63, 3.8) is 0 Å². The number of fused-ring (bicyclic) bond motifs is 2. The maximum Gasteiger partial charge on any atom is 0.519 e. The van der Waals surface area contributed by atoms with Crippen LogP contribution in [0, 0.1) is 10.1 Å². The average Bonchev–Trinajstić information content (AvgIpc) is 2.01. The summed E-state index contributed by atoms with van der Waals surface area (Å²) >= 11 is 0. The van der Waals surface area contributed by atoms with Crippen molar-refractivity contribution in [2.24, 2.45) is 0 Å². The van der Waals surface area contributed by atoms with E-state index in [-0.39, 0.29) is 17.2 Å². The van der Waals surface area contributed by atoms with Crippen molar-refractivity contribution in [1.29, 1.82) is 0 Å². The molecule has 6 nitrogen and oxygen atoms in total. The highest BCUT2D eigenvalue weighted by molar-refractivity contribution is 5.76. The quantitative estimate of drug-likeness (QED) is 0.284. The molecule has 66 valence electrons. The van der Waals surface area contributed by atoms with Crippen LogP contribution in [0.2, 0.25) is 0 Å². The molecule has 1 aliphatic heterocycles. The zero-order valence-electron chi connectivity index (χ0n) is 6.22. The van der Waals surface area contributed by atoms with Crippen molar-refractivity contribution in [1.82, 2.24) is 0 Å². The molecule has 0 saturated heterocycles. The van der Waals surface area contributed by atoms with Crippen LogP contribution in [-0.4, -0.2) is 11.1 Å². The third-order valence-corrected chi connectivity index (χ3v) is 1.53. The van der Waals surface area contributed by atoms with Gasteiger partial charge in [0.1, 0.15) is 0 Å². The number of nitro groups is 1. The number of nitro benzene ring substituents is 1. The molecule has 0 saturated carbocycles. The van der Waals surface area contributed by atoms with Crippen LogP contribution in [0.15, 0.2) is 18.2 Å². The maximum atomic E-state index is 10.7. The van der Waals surface area contributed by atoms with Gasteiger partial charge in [-0.25, -0.2) is 4.79 Å². The SMILES string of the molecule is O=C1Oc2cccc(c2[N+](=O)[O-])O1. The number of carbonyl (C=O) groups is 1.